The number of aliphatic carboxylic acids is 1. The van der Waals surface area contributed by atoms with Gasteiger partial charge in [-0.2, -0.15) is 0 Å². The third kappa shape index (κ3) is 6.34. The molecule has 0 amide bonds. The van der Waals surface area contributed by atoms with E-state index in [1.165, 1.54) is 6.92 Å². The Bertz CT molecular complexity index is 1020. The van der Waals surface area contributed by atoms with E-state index in [2.05, 4.69) is 13.8 Å². The maximum atomic E-state index is 12.0. The highest BCUT2D eigenvalue weighted by Gasteiger charge is 2.31. The number of methoxy groups -OCH3 is 1. The molecule has 7 heteroatoms. The number of benzene rings is 1. The van der Waals surface area contributed by atoms with Crippen molar-refractivity contribution in [1.29, 1.82) is 0 Å². The molecule has 3 rings (SSSR count). The summed E-state index contributed by atoms with van der Waals surface area (Å²) in [5.74, 6) is 0.250. The van der Waals surface area contributed by atoms with Gasteiger partial charge in [-0.1, -0.05) is 26.7 Å². The fraction of sp³-hybridized carbons (Fsp3) is 0.500. The van der Waals surface area contributed by atoms with E-state index in [9.17, 15) is 14.7 Å². The van der Waals surface area contributed by atoms with E-state index in [1.54, 1.807) is 25.5 Å². The van der Waals surface area contributed by atoms with Crippen LogP contribution >= 0.6 is 0 Å². The van der Waals surface area contributed by atoms with Crippen molar-refractivity contribution in [3.63, 3.8) is 0 Å². The second-order valence-corrected chi connectivity index (χ2v) is 8.80. The van der Waals surface area contributed by atoms with Crippen molar-refractivity contribution in [3.05, 3.63) is 58.4 Å². The van der Waals surface area contributed by atoms with Crippen molar-refractivity contribution >= 4 is 11.8 Å². The van der Waals surface area contributed by atoms with Crippen LogP contribution in [-0.2, 0) is 20.7 Å². The predicted molar refractivity (Wildman–Crippen MR) is 133 cm³/mol. The number of Topliss-reactive ketones (excluding diaryl/α,β-unsaturated/α-hetero) is 1. The second-order valence-electron chi connectivity index (χ2n) is 8.80. The molecular weight excluding hydrogens is 448 g/mol. The number of allylic oxidation sites excluding steroid dienone is 1. The van der Waals surface area contributed by atoms with Gasteiger partial charge in [0.15, 0.2) is 5.78 Å². The van der Waals surface area contributed by atoms with E-state index in [1.807, 2.05) is 12.1 Å². The Hall–Kier alpha value is -3.06. The average molecular weight is 485 g/mol. The van der Waals surface area contributed by atoms with Gasteiger partial charge in [0.2, 0.25) is 0 Å². The molecule has 0 bridgehead atoms. The minimum absolute atomic E-state index is 0.0485. The van der Waals surface area contributed by atoms with Gasteiger partial charge in [-0.25, -0.2) is 4.79 Å². The molecular formula is C28H36O7. The van der Waals surface area contributed by atoms with Crippen LogP contribution in [0.5, 0.6) is 11.5 Å². The number of carbonyl (C=O) groups excluding carboxylic acids is 1. The molecule has 1 aliphatic carbocycles. The van der Waals surface area contributed by atoms with Crippen LogP contribution in [0.2, 0.25) is 0 Å². The van der Waals surface area contributed by atoms with E-state index >= 15 is 0 Å². The number of carboxylic acid groups (broad SMARTS) is 1. The first-order valence-electron chi connectivity index (χ1n) is 12.4. The van der Waals surface area contributed by atoms with Crippen LogP contribution in [0, 0.1) is 0 Å². The summed E-state index contributed by atoms with van der Waals surface area (Å²) in [5.41, 5.74) is 3.72. The van der Waals surface area contributed by atoms with Crippen LogP contribution in [0.25, 0.3) is 0 Å². The van der Waals surface area contributed by atoms with E-state index in [-0.39, 0.29) is 17.5 Å². The summed E-state index contributed by atoms with van der Waals surface area (Å²) in [6, 6.07) is 3.55. The van der Waals surface area contributed by atoms with E-state index in [0.29, 0.717) is 43.1 Å². The smallest absolute Gasteiger partial charge is 0.334 e. The molecule has 2 atom stereocenters. The molecule has 2 unspecified atom stereocenters. The van der Waals surface area contributed by atoms with E-state index < -0.39 is 12.1 Å². The first kappa shape index (κ1) is 26.5. The fourth-order valence-corrected chi connectivity index (χ4v) is 4.58. The summed E-state index contributed by atoms with van der Waals surface area (Å²) in [5, 5.41) is 9.77. The number of ether oxygens (including phenoxy) is 4. The lowest BCUT2D eigenvalue weighted by Gasteiger charge is -2.31. The van der Waals surface area contributed by atoms with Crippen LogP contribution < -0.4 is 9.47 Å². The number of carbonyl (C=O) groups is 2. The van der Waals surface area contributed by atoms with Crippen LogP contribution in [0.4, 0.5) is 0 Å². The van der Waals surface area contributed by atoms with Gasteiger partial charge < -0.3 is 24.1 Å². The van der Waals surface area contributed by atoms with Crippen molar-refractivity contribution in [2.45, 2.75) is 71.5 Å². The summed E-state index contributed by atoms with van der Waals surface area (Å²) in [6.07, 6.45) is 9.24. The van der Waals surface area contributed by atoms with E-state index in [4.69, 9.17) is 18.9 Å². The van der Waals surface area contributed by atoms with Crippen LogP contribution in [0.3, 0.4) is 0 Å². The highest BCUT2D eigenvalue weighted by atomic mass is 16.5. The predicted octanol–water partition coefficient (Wildman–Crippen LogP) is 5.43. The molecule has 35 heavy (non-hydrogen) atoms. The maximum absolute atomic E-state index is 12.0. The standard InChI is InChI=1S/C28H36O7/c1-5-8-21-25(11-10-20(18(3)29)27(21)32-4)33-13-7-14-34-26-16-19-12-15-35-24(9-6-2)22(19)17-23(26)28(30)31/h10-12,15,17,24,26H,5-9,13-14,16H2,1-4H3,(H,30,31). The Balaban J connectivity index is 1.60. The lowest BCUT2D eigenvalue weighted by atomic mass is 9.85. The summed E-state index contributed by atoms with van der Waals surface area (Å²) in [4.78, 5) is 23.9. The van der Waals surface area contributed by atoms with Crippen molar-refractivity contribution < 1.29 is 33.6 Å². The van der Waals surface area contributed by atoms with Gasteiger partial charge in [0.25, 0.3) is 0 Å². The van der Waals surface area contributed by atoms with Crippen molar-refractivity contribution in [2.24, 2.45) is 0 Å². The molecule has 1 N–H and O–H groups in total. The number of rotatable bonds is 13. The van der Waals surface area contributed by atoms with Gasteiger partial charge in [-0.3, -0.25) is 4.79 Å². The van der Waals surface area contributed by atoms with Crippen LogP contribution in [-0.4, -0.2) is 49.4 Å². The van der Waals surface area contributed by atoms with Gasteiger partial charge in [-0.05, 0) is 55.2 Å². The minimum atomic E-state index is -0.968. The van der Waals surface area contributed by atoms with Gasteiger partial charge in [0, 0.05) is 18.4 Å². The minimum Gasteiger partial charge on any atom is -0.496 e. The molecule has 0 saturated heterocycles. The normalized spacial score (nSPS) is 19.0. The highest BCUT2D eigenvalue weighted by molar-refractivity contribution is 5.97. The lowest BCUT2D eigenvalue weighted by molar-refractivity contribution is -0.134. The SMILES string of the molecule is CCCc1c(OCCCOC2CC3=C(C=C2C(=O)O)C(CCC)OC=C3)ccc(C(C)=O)c1OC. The molecule has 0 saturated carbocycles. The molecule has 1 aromatic carbocycles. The van der Waals surface area contributed by atoms with Crippen molar-refractivity contribution in [3.8, 4) is 11.5 Å². The monoisotopic (exact) mass is 484 g/mol. The zero-order valence-corrected chi connectivity index (χ0v) is 21.1. The average Bonchev–Trinajstić information content (AvgIpc) is 2.84. The largest absolute Gasteiger partial charge is 0.496 e. The molecule has 1 aromatic rings. The quantitative estimate of drug-likeness (QED) is 0.295. The third-order valence-corrected chi connectivity index (χ3v) is 6.26. The Morgan fingerprint density at radius 1 is 1.17 bits per heavy atom. The number of ketones is 1. The van der Waals surface area contributed by atoms with Crippen LogP contribution in [0.15, 0.2) is 47.3 Å². The Kier molecular flexibility index (Phi) is 9.55. The molecule has 0 fully saturated rings. The third-order valence-electron chi connectivity index (χ3n) is 6.26. The first-order valence-corrected chi connectivity index (χ1v) is 12.4. The molecule has 0 aromatic heterocycles. The van der Waals surface area contributed by atoms with Crippen molar-refractivity contribution in [1.82, 2.24) is 0 Å². The van der Waals surface area contributed by atoms with E-state index in [0.717, 1.165) is 42.4 Å². The molecule has 1 aliphatic heterocycles. The van der Waals surface area contributed by atoms with Gasteiger partial charge >= 0.3 is 5.97 Å². The van der Waals surface area contributed by atoms with Crippen LogP contribution in [0.1, 0.15) is 68.8 Å². The number of hydrogen-bond donors (Lipinski definition) is 1. The summed E-state index contributed by atoms with van der Waals surface area (Å²) in [7, 11) is 1.56. The van der Waals surface area contributed by atoms with Crippen molar-refractivity contribution in [2.75, 3.05) is 20.3 Å². The molecule has 190 valence electrons. The molecule has 1 heterocycles. The first-order chi connectivity index (χ1) is 16.9. The zero-order valence-electron chi connectivity index (χ0n) is 21.1. The topological polar surface area (TPSA) is 91.3 Å². The molecule has 0 spiro atoms. The Morgan fingerprint density at radius 3 is 2.63 bits per heavy atom. The number of hydrogen-bond acceptors (Lipinski definition) is 6. The Labute approximate surface area is 207 Å². The summed E-state index contributed by atoms with van der Waals surface area (Å²) < 4.78 is 23.3. The van der Waals surface area contributed by atoms with Gasteiger partial charge in [0.05, 0.1) is 43.8 Å². The number of carboxylic acids is 1. The zero-order chi connectivity index (χ0) is 25.4. The lowest BCUT2D eigenvalue weighted by Crippen LogP contribution is -2.29. The summed E-state index contributed by atoms with van der Waals surface area (Å²) >= 11 is 0. The fourth-order valence-electron chi connectivity index (χ4n) is 4.58. The van der Waals surface area contributed by atoms with Gasteiger partial charge in [-0.15, -0.1) is 0 Å². The summed E-state index contributed by atoms with van der Waals surface area (Å²) in [6.45, 7) is 6.43. The Morgan fingerprint density at radius 2 is 1.97 bits per heavy atom. The molecule has 7 nitrogen and oxygen atoms in total. The molecule has 0 radical (unpaired) electrons. The maximum Gasteiger partial charge on any atom is 0.334 e. The highest BCUT2D eigenvalue weighted by Crippen LogP contribution is 2.35. The second kappa shape index (κ2) is 12.6. The molecule has 2 aliphatic rings. The van der Waals surface area contributed by atoms with Gasteiger partial charge in [0.1, 0.15) is 17.6 Å².